The second-order valence-corrected chi connectivity index (χ2v) is 5.95. The minimum absolute atomic E-state index is 0.100. The molecule has 116 valence electrons. The van der Waals surface area contributed by atoms with E-state index in [2.05, 4.69) is 0 Å². The number of pyridine rings is 1. The van der Waals surface area contributed by atoms with Crippen LogP contribution < -0.4 is 5.56 Å². The second-order valence-electron chi connectivity index (χ2n) is 5.14. The van der Waals surface area contributed by atoms with Gasteiger partial charge in [-0.3, -0.25) is 9.36 Å². The lowest BCUT2D eigenvalue weighted by Gasteiger charge is -2.15. The fourth-order valence-corrected chi connectivity index (χ4v) is 2.80. The highest BCUT2D eigenvalue weighted by Gasteiger charge is 2.33. The average molecular weight is 342 g/mol. The Morgan fingerprint density at radius 1 is 1.32 bits per heavy atom. The first-order valence-electron chi connectivity index (χ1n) is 6.89. The number of carbonyl (C=O) groups excluding carboxylic acids is 1. The summed E-state index contributed by atoms with van der Waals surface area (Å²) >= 11 is 11.9. The molecule has 0 unspecified atom stereocenters. The summed E-state index contributed by atoms with van der Waals surface area (Å²) < 4.78 is 6.27. The molecule has 22 heavy (non-hydrogen) atoms. The summed E-state index contributed by atoms with van der Waals surface area (Å²) in [6.45, 7) is 1.81. The minimum Gasteiger partial charge on any atom is -0.505 e. The van der Waals surface area contributed by atoms with Crippen LogP contribution >= 0.6 is 23.2 Å². The van der Waals surface area contributed by atoms with Gasteiger partial charge < -0.3 is 9.84 Å². The molecule has 0 amide bonds. The monoisotopic (exact) mass is 341 g/mol. The number of hydrogen-bond acceptors (Lipinski definition) is 4. The molecule has 0 spiro atoms. The number of hydrogen-bond donors (Lipinski definition) is 1. The maximum atomic E-state index is 12.7. The van der Waals surface area contributed by atoms with Crippen LogP contribution in [-0.2, 0) is 4.74 Å². The third kappa shape index (κ3) is 2.34. The number of nitrogens with zero attached hydrogens (tertiary/aromatic N) is 1. The van der Waals surface area contributed by atoms with Crippen molar-refractivity contribution in [1.82, 2.24) is 4.57 Å². The first-order chi connectivity index (χ1) is 10.5. The molecule has 0 bridgehead atoms. The van der Waals surface area contributed by atoms with Crippen molar-refractivity contribution in [2.75, 3.05) is 6.61 Å². The predicted octanol–water partition coefficient (Wildman–Crippen LogP) is 3.53. The number of ether oxygens (including phenoxy) is 1. The fraction of sp³-hybridized carbons (Fsp3) is 0.333. The molecule has 2 aromatic rings. The van der Waals surface area contributed by atoms with Crippen LogP contribution in [0.1, 0.15) is 36.3 Å². The van der Waals surface area contributed by atoms with E-state index < -0.39 is 5.97 Å². The van der Waals surface area contributed by atoms with Gasteiger partial charge in [0.25, 0.3) is 5.56 Å². The molecule has 5 nitrogen and oxygen atoms in total. The van der Waals surface area contributed by atoms with E-state index in [0.29, 0.717) is 0 Å². The number of benzene rings is 1. The van der Waals surface area contributed by atoms with Crippen LogP contribution in [-0.4, -0.2) is 22.2 Å². The van der Waals surface area contributed by atoms with Crippen LogP contribution in [0.25, 0.3) is 10.8 Å². The molecule has 0 aliphatic heterocycles. The molecule has 1 aliphatic carbocycles. The zero-order chi connectivity index (χ0) is 16.0. The quantitative estimate of drug-likeness (QED) is 0.867. The van der Waals surface area contributed by atoms with Gasteiger partial charge in [0.15, 0.2) is 11.4 Å². The Labute approximate surface area is 136 Å². The smallest absolute Gasteiger partial charge is 0.358 e. The van der Waals surface area contributed by atoms with Crippen molar-refractivity contribution in [1.29, 1.82) is 0 Å². The van der Waals surface area contributed by atoms with Crippen molar-refractivity contribution in [2.24, 2.45) is 0 Å². The summed E-state index contributed by atoms with van der Waals surface area (Å²) in [5, 5.41) is 11.3. The van der Waals surface area contributed by atoms with Crippen LogP contribution in [0, 0.1) is 0 Å². The number of carbonyl (C=O) groups is 1. The van der Waals surface area contributed by atoms with Crippen molar-refractivity contribution in [3.8, 4) is 5.75 Å². The topological polar surface area (TPSA) is 68.5 Å². The van der Waals surface area contributed by atoms with Crippen LogP contribution in [0.15, 0.2) is 16.9 Å². The minimum atomic E-state index is -0.725. The molecule has 0 saturated heterocycles. The molecule has 1 fully saturated rings. The van der Waals surface area contributed by atoms with Crippen LogP contribution in [0.3, 0.4) is 0 Å². The van der Waals surface area contributed by atoms with Gasteiger partial charge >= 0.3 is 5.97 Å². The lowest BCUT2D eigenvalue weighted by atomic mass is 10.1. The van der Waals surface area contributed by atoms with Gasteiger partial charge in [-0.15, -0.1) is 0 Å². The largest absolute Gasteiger partial charge is 0.505 e. The third-order valence-corrected chi connectivity index (χ3v) is 4.33. The van der Waals surface area contributed by atoms with Crippen LogP contribution in [0.4, 0.5) is 0 Å². The van der Waals surface area contributed by atoms with Gasteiger partial charge in [0, 0.05) is 11.4 Å². The molecule has 1 N–H and O–H groups in total. The first kappa shape index (κ1) is 15.2. The van der Waals surface area contributed by atoms with Crippen LogP contribution in [0.2, 0.25) is 10.0 Å². The van der Waals surface area contributed by atoms with Gasteiger partial charge in [-0.1, -0.05) is 23.2 Å². The Morgan fingerprint density at radius 2 is 1.91 bits per heavy atom. The van der Waals surface area contributed by atoms with Gasteiger partial charge in [-0.2, -0.15) is 0 Å². The highest BCUT2D eigenvalue weighted by atomic mass is 35.5. The van der Waals surface area contributed by atoms with E-state index in [1.807, 2.05) is 0 Å². The number of aromatic hydroxyl groups is 1. The standard InChI is InChI=1S/C15H13Cl2NO4/c1-2-22-15(21)12-13(19)8-5-10(16)11(17)6-9(8)14(20)18(12)7-3-4-7/h5-7,19H,2-4H2,1H3. The molecular weight excluding hydrogens is 329 g/mol. The van der Waals surface area contributed by atoms with Gasteiger partial charge in [0.1, 0.15) is 0 Å². The number of rotatable bonds is 3. The molecule has 0 atom stereocenters. The highest BCUT2D eigenvalue weighted by molar-refractivity contribution is 6.42. The summed E-state index contributed by atoms with van der Waals surface area (Å²) in [6.07, 6.45) is 1.55. The van der Waals surface area contributed by atoms with Gasteiger partial charge in [0.2, 0.25) is 0 Å². The Hall–Kier alpha value is -1.72. The summed E-state index contributed by atoms with van der Waals surface area (Å²) in [7, 11) is 0. The molecule has 7 heteroatoms. The summed E-state index contributed by atoms with van der Waals surface area (Å²) in [5.41, 5.74) is -0.503. The molecular formula is C15H13Cl2NO4. The van der Waals surface area contributed by atoms with Crippen molar-refractivity contribution < 1.29 is 14.6 Å². The zero-order valence-corrected chi connectivity index (χ0v) is 13.2. The summed E-state index contributed by atoms with van der Waals surface area (Å²) in [4.78, 5) is 24.9. The van der Waals surface area contributed by atoms with E-state index in [1.165, 1.54) is 16.7 Å². The maximum absolute atomic E-state index is 12.7. The molecule has 3 rings (SSSR count). The molecule has 1 aromatic carbocycles. The van der Waals surface area contributed by atoms with Crippen molar-refractivity contribution >= 4 is 39.9 Å². The van der Waals surface area contributed by atoms with Gasteiger partial charge in [-0.05, 0) is 31.9 Å². The Balaban J connectivity index is 2.40. The van der Waals surface area contributed by atoms with Gasteiger partial charge in [-0.25, -0.2) is 4.79 Å². The Morgan fingerprint density at radius 3 is 2.45 bits per heavy atom. The van der Waals surface area contributed by atoms with E-state index in [4.69, 9.17) is 27.9 Å². The molecule has 1 heterocycles. The lowest BCUT2D eigenvalue weighted by molar-refractivity contribution is 0.0508. The van der Waals surface area contributed by atoms with E-state index in [-0.39, 0.29) is 50.5 Å². The molecule has 1 aromatic heterocycles. The Kier molecular flexibility index (Phi) is 3.78. The number of esters is 1. The lowest BCUT2D eigenvalue weighted by Crippen LogP contribution is -2.26. The van der Waals surface area contributed by atoms with E-state index in [9.17, 15) is 14.7 Å². The number of aromatic nitrogens is 1. The van der Waals surface area contributed by atoms with Crippen LogP contribution in [0.5, 0.6) is 5.75 Å². The highest BCUT2D eigenvalue weighted by Crippen LogP contribution is 2.40. The Bertz CT molecular complexity index is 840. The zero-order valence-electron chi connectivity index (χ0n) is 11.7. The SMILES string of the molecule is CCOC(=O)c1c(O)c2cc(Cl)c(Cl)cc2c(=O)n1C1CC1. The fourth-order valence-electron chi connectivity index (χ4n) is 2.47. The number of fused-ring (bicyclic) bond motifs is 1. The van der Waals surface area contributed by atoms with Crippen molar-refractivity contribution in [2.45, 2.75) is 25.8 Å². The third-order valence-electron chi connectivity index (χ3n) is 3.61. The normalized spacial score (nSPS) is 14.3. The molecule has 1 saturated carbocycles. The van der Waals surface area contributed by atoms with E-state index >= 15 is 0 Å². The number of halogens is 2. The van der Waals surface area contributed by atoms with E-state index in [1.54, 1.807) is 6.92 Å². The predicted molar refractivity (Wildman–Crippen MR) is 84.1 cm³/mol. The molecule has 0 radical (unpaired) electrons. The summed E-state index contributed by atoms with van der Waals surface area (Å²) in [6, 6.07) is 2.70. The van der Waals surface area contributed by atoms with E-state index in [0.717, 1.165) is 12.8 Å². The van der Waals surface area contributed by atoms with Crippen molar-refractivity contribution in [3.63, 3.8) is 0 Å². The summed E-state index contributed by atoms with van der Waals surface area (Å²) in [5.74, 6) is -1.03. The average Bonchev–Trinajstić information content (AvgIpc) is 3.29. The maximum Gasteiger partial charge on any atom is 0.358 e. The first-order valence-corrected chi connectivity index (χ1v) is 7.64. The second kappa shape index (κ2) is 5.48. The van der Waals surface area contributed by atoms with Crippen molar-refractivity contribution in [3.05, 3.63) is 38.2 Å². The van der Waals surface area contributed by atoms with Gasteiger partial charge in [0.05, 0.1) is 22.0 Å². The molecule has 1 aliphatic rings.